The highest BCUT2D eigenvalue weighted by Gasteiger charge is 2.49. The van der Waals surface area contributed by atoms with Crippen LogP contribution < -0.4 is 10.2 Å². The first-order valence-corrected chi connectivity index (χ1v) is 9.77. The van der Waals surface area contributed by atoms with Crippen molar-refractivity contribution in [2.75, 3.05) is 7.11 Å². The quantitative estimate of drug-likeness (QED) is 0.857. The van der Waals surface area contributed by atoms with Crippen LogP contribution in [0.1, 0.15) is 54.1 Å². The monoisotopic (exact) mass is 379 g/mol. The molecular weight excluding hydrogens is 354 g/mol. The number of amides is 1. The van der Waals surface area contributed by atoms with E-state index in [2.05, 4.69) is 10.6 Å². The van der Waals surface area contributed by atoms with Gasteiger partial charge in [0.1, 0.15) is 5.75 Å². The van der Waals surface area contributed by atoms with Gasteiger partial charge >= 0.3 is 0 Å². The molecule has 1 aliphatic carbocycles. The van der Waals surface area contributed by atoms with Crippen LogP contribution >= 0.6 is 0 Å². The van der Waals surface area contributed by atoms with Crippen molar-refractivity contribution in [3.63, 3.8) is 0 Å². The molecule has 1 amide bonds. The lowest BCUT2D eigenvalue weighted by atomic mass is 10.0. The third kappa shape index (κ3) is 3.09. The third-order valence-corrected chi connectivity index (χ3v) is 5.50. The molecule has 1 N–H and O–H groups in total. The lowest BCUT2D eigenvalue weighted by Gasteiger charge is -2.34. The number of benzene rings is 2. The van der Waals surface area contributed by atoms with Crippen LogP contribution in [0, 0.1) is 0 Å². The van der Waals surface area contributed by atoms with E-state index in [0.29, 0.717) is 17.8 Å². The summed E-state index contributed by atoms with van der Waals surface area (Å²) in [5, 5.41) is 6.18. The number of hydrogen-bond acceptors (Lipinski definition) is 5. The molecule has 0 aromatic heterocycles. The molecule has 1 fully saturated rings. The number of nitrogens with zero attached hydrogens (tertiary/aromatic N) is 2. The number of methoxy groups -OCH3 is 1. The van der Waals surface area contributed by atoms with Crippen molar-refractivity contribution < 1.29 is 14.4 Å². The second kappa shape index (κ2) is 7.54. The maximum absolute atomic E-state index is 13.2. The van der Waals surface area contributed by atoms with Crippen LogP contribution in [-0.2, 0) is 11.3 Å². The summed E-state index contributed by atoms with van der Waals surface area (Å²) < 4.78 is 5.44. The average molecular weight is 379 g/mol. The Morgan fingerprint density at radius 3 is 2.61 bits per heavy atom. The van der Waals surface area contributed by atoms with E-state index in [-0.39, 0.29) is 5.91 Å². The zero-order valence-electron chi connectivity index (χ0n) is 16.3. The van der Waals surface area contributed by atoms with Crippen molar-refractivity contribution in [3.8, 4) is 5.75 Å². The van der Waals surface area contributed by atoms with Crippen LogP contribution in [-0.4, -0.2) is 29.6 Å². The van der Waals surface area contributed by atoms with Gasteiger partial charge in [-0.05, 0) is 31.4 Å². The molecule has 1 heterocycles. The van der Waals surface area contributed by atoms with E-state index in [0.717, 1.165) is 42.6 Å². The summed E-state index contributed by atoms with van der Waals surface area (Å²) in [6.45, 7) is 2.02. The Morgan fingerprint density at radius 2 is 1.93 bits per heavy atom. The summed E-state index contributed by atoms with van der Waals surface area (Å²) in [5.74, 6) is 1.17. The van der Waals surface area contributed by atoms with E-state index >= 15 is 0 Å². The van der Waals surface area contributed by atoms with Crippen molar-refractivity contribution in [2.24, 2.45) is 5.16 Å². The predicted octanol–water partition coefficient (Wildman–Crippen LogP) is 3.87. The van der Waals surface area contributed by atoms with Gasteiger partial charge in [-0.15, -0.1) is 0 Å². The lowest BCUT2D eigenvalue weighted by Crippen LogP contribution is -2.56. The summed E-state index contributed by atoms with van der Waals surface area (Å²) >= 11 is 0. The second-order valence-corrected chi connectivity index (χ2v) is 7.14. The zero-order chi connectivity index (χ0) is 19.6. The number of carbonyl (C=O) groups is 1. The van der Waals surface area contributed by atoms with Crippen molar-refractivity contribution in [1.82, 2.24) is 10.4 Å². The van der Waals surface area contributed by atoms with Crippen LogP contribution in [0.15, 0.2) is 53.7 Å². The fourth-order valence-electron chi connectivity index (χ4n) is 4.07. The van der Waals surface area contributed by atoms with Crippen molar-refractivity contribution >= 4 is 11.7 Å². The van der Waals surface area contributed by atoms with E-state index in [1.54, 1.807) is 7.11 Å². The summed E-state index contributed by atoms with van der Waals surface area (Å²) in [6, 6.07) is 15.3. The Bertz CT molecular complexity index is 889. The topological polar surface area (TPSA) is 63.2 Å². The van der Waals surface area contributed by atoms with Crippen molar-refractivity contribution in [2.45, 2.75) is 44.8 Å². The Labute approximate surface area is 165 Å². The van der Waals surface area contributed by atoms with Crippen molar-refractivity contribution in [1.29, 1.82) is 0 Å². The maximum atomic E-state index is 13.2. The highest BCUT2D eigenvalue weighted by Crippen LogP contribution is 2.40. The molecule has 28 heavy (non-hydrogen) atoms. The Balaban J connectivity index is 1.67. The molecule has 0 bridgehead atoms. The SMILES string of the molecule is CCc1c(OC)cccc1C(=O)NN1C(c2ccccc2)=NOC12CCCC2. The molecule has 6 heteroatoms. The molecule has 4 rings (SSSR count). The van der Waals surface area contributed by atoms with E-state index in [9.17, 15) is 4.79 Å². The minimum Gasteiger partial charge on any atom is -0.496 e. The van der Waals surface area contributed by atoms with Crippen LogP contribution in [0.25, 0.3) is 0 Å². The summed E-state index contributed by atoms with van der Waals surface area (Å²) in [4.78, 5) is 19.1. The number of rotatable bonds is 5. The first-order valence-electron chi connectivity index (χ1n) is 9.77. The fraction of sp³-hybridized carbons (Fsp3) is 0.364. The molecule has 2 aromatic rings. The molecule has 0 radical (unpaired) electrons. The Kier molecular flexibility index (Phi) is 4.94. The lowest BCUT2D eigenvalue weighted by molar-refractivity contribution is -0.106. The molecule has 6 nitrogen and oxygen atoms in total. The van der Waals surface area contributed by atoms with Gasteiger partial charge in [0.15, 0.2) is 5.84 Å². The van der Waals surface area contributed by atoms with Gasteiger partial charge in [-0.1, -0.05) is 48.5 Å². The predicted molar refractivity (Wildman–Crippen MR) is 107 cm³/mol. The molecule has 1 aliphatic heterocycles. The molecule has 2 aromatic carbocycles. The van der Waals surface area contributed by atoms with Gasteiger partial charge in [0.25, 0.3) is 5.91 Å². The normalized spacial score (nSPS) is 17.4. The van der Waals surface area contributed by atoms with Gasteiger partial charge in [-0.25, -0.2) is 5.01 Å². The van der Waals surface area contributed by atoms with Gasteiger partial charge in [0, 0.05) is 29.5 Å². The third-order valence-electron chi connectivity index (χ3n) is 5.50. The fourth-order valence-corrected chi connectivity index (χ4v) is 4.07. The molecular formula is C22H25N3O3. The molecule has 0 atom stereocenters. The summed E-state index contributed by atoms with van der Waals surface area (Å²) in [7, 11) is 1.62. The molecule has 0 unspecified atom stereocenters. The number of hydrogen-bond donors (Lipinski definition) is 1. The molecule has 146 valence electrons. The largest absolute Gasteiger partial charge is 0.496 e. The second-order valence-electron chi connectivity index (χ2n) is 7.14. The van der Waals surface area contributed by atoms with Crippen LogP contribution in [0.5, 0.6) is 5.75 Å². The summed E-state index contributed by atoms with van der Waals surface area (Å²) in [5.41, 5.74) is 4.89. The van der Waals surface area contributed by atoms with Gasteiger partial charge < -0.3 is 9.57 Å². The van der Waals surface area contributed by atoms with E-state index < -0.39 is 5.72 Å². The number of hydrazine groups is 1. The first-order chi connectivity index (χ1) is 13.7. The Hall–Kier alpha value is -3.02. The van der Waals surface area contributed by atoms with Crippen LogP contribution in [0.2, 0.25) is 0 Å². The molecule has 1 saturated carbocycles. The number of carbonyl (C=O) groups excluding carboxylic acids is 1. The molecule has 2 aliphatic rings. The zero-order valence-corrected chi connectivity index (χ0v) is 16.3. The minimum atomic E-state index is -0.605. The van der Waals surface area contributed by atoms with Crippen molar-refractivity contribution in [3.05, 3.63) is 65.2 Å². The van der Waals surface area contributed by atoms with E-state index in [4.69, 9.17) is 9.57 Å². The minimum absolute atomic E-state index is 0.184. The van der Waals surface area contributed by atoms with E-state index in [1.165, 1.54) is 0 Å². The highest BCUT2D eigenvalue weighted by molar-refractivity contribution is 6.03. The Morgan fingerprint density at radius 1 is 1.18 bits per heavy atom. The number of ether oxygens (including phenoxy) is 1. The average Bonchev–Trinajstić information content (AvgIpc) is 3.36. The maximum Gasteiger partial charge on any atom is 0.270 e. The molecule has 0 saturated heterocycles. The summed E-state index contributed by atoms with van der Waals surface area (Å²) in [6.07, 6.45) is 4.44. The number of nitrogens with one attached hydrogen (secondary N) is 1. The van der Waals surface area contributed by atoms with Crippen LogP contribution in [0.3, 0.4) is 0 Å². The first kappa shape index (κ1) is 18.3. The number of oxime groups is 1. The van der Waals surface area contributed by atoms with Gasteiger partial charge in [0.05, 0.1) is 7.11 Å². The van der Waals surface area contributed by atoms with Gasteiger partial charge in [0.2, 0.25) is 5.72 Å². The van der Waals surface area contributed by atoms with Gasteiger partial charge in [-0.3, -0.25) is 10.2 Å². The van der Waals surface area contributed by atoms with E-state index in [1.807, 2.05) is 60.5 Å². The standard InChI is InChI=1S/C22H25N3O3/c1-3-17-18(12-9-13-19(17)27-2)21(26)23-25-20(16-10-5-4-6-11-16)24-28-22(25)14-7-8-15-22/h4-6,9-13H,3,7-8,14-15H2,1-2H3,(H,23,26). The highest BCUT2D eigenvalue weighted by atomic mass is 16.7. The molecule has 1 spiro atoms. The smallest absolute Gasteiger partial charge is 0.270 e. The van der Waals surface area contributed by atoms with Crippen LogP contribution in [0.4, 0.5) is 0 Å². The number of amidine groups is 1. The van der Waals surface area contributed by atoms with Gasteiger partial charge in [-0.2, -0.15) is 0 Å².